The van der Waals surface area contributed by atoms with E-state index in [2.05, 4.69) is 15.3 Å². The summed E-state index contributed by atoms with van der Waals surface area (Å²) in [4.78, 5) is 21.2. The smallest absolute Gasteiger partial charge is 0.320 e. The summed E-state index contributed by atoms with van der Waals surface area (Å²) in [5, 5.41) is 5.86. The molecule has 32 heavy (non-hydrogen) atoms. The third-order valence-electron chi connectivity index (χ3n) is 4.70. The van der Waals surface area contributed by atoms with E-state index in [0.29, 0.717) is 27.5 Å². The third-order valence-corrected chi connectivity index (χ3v) is 5.82. The van der Waals surface area contributed by atoms with Gasteiger partial charge in [0, 0.05) is 10.4 Å². The van der Waals surface area contributed by atoms with E-state index < -0.39 is 12.6 Å². The van der Waals surface area contributed by atoms with Crippen LogP contribution >= 0.6 is 22.9 Å². The molecule has 10 heteroatoms. The molecule has 0 aliphatic carbocycles. The number of benzene rings is 2. The van der Waals surface area contributed by atoms with E-state index in [4.69, 9.17) is 16.3 Å². The molecule has 4 rings (SSSR count). The average molecular weight is 477 g/mol. The highest BCUT2D eigenvalue weighted by Gasteiger charge is 2.23. The van der Waals surface area contributed by atoms with Gasteiger partial charge in [0.15, 0.2) is 0 Å². The van der Waals surface area contributed by atoms with Crippen molar-refractivity contribution >= 4 is 39.9 Å². The minimum Gasteiger partial charge on any atom is -0.486 e. The molecule has 1 amide bonds. The zero-order chi connectivity index (χ0) is 22.7. The van der Waals surface area contributed by atoms with Gasteiger partial charge >= 0.3 is 6.55 Å². The Labute approximate surface area is 191 Å². The van der Waals surface area contributed by atoms with Crippen molar-refractivity contribution in [2.75, 3.05) is 0 Å². The molecule has 1 atom stereocenters. The van der Waals surface area contributed by atoms with Crippen molar-refractivity contribution in [1.82, 2.24) is 19.9 Å². The van der Waals surface area contributed by atoms with Crippen molar-refractivity contribution in [1.29, 1.82) is 0 Å². The predicted octanol–water partition coefficient (Wildman–Crippen LogP) is 5.54. The zero-order valence-electron chi connectivity index (χ0n) is 17.0. The van der Waals surface area contributed by atoms with Gasteiger partial charge in [-0.3, -0.25) is 9.36 Å². The summed E-state index contributed by atoms with van der Waals surface area (Å²) < 4.78 is 33.8. The molecule has 0 radical (unpaired) electrons. The van der Waals surface area contributed by atoms with Crippen LogP contribution in [0.4, 0.5) is 8.78 Å². The fourth-order valence-electron chi connectivity index (χ4n) is 3.27. The summed E-state index contributed by atoms with van der Waals surface area (Å²) in [6.45, 7) is -0.869. The Kier molecular flexibility index (Phi) is 6.66. The second-order valence-electron chi connectivity index (χ2n) is 7.05. The van der Waals surface area contributed by atoms with Crippen LogP contribution in [0, 0.1) is 0 Å². The van der Waals surface area contributed by atoms with Crippen LogP contribution in [0.5, 0.6) is 5.75 Å². The molecule has 2 heterocycles. The van der Waals surface area contributed by atoms with Gasteiger partial charge in [0.05, 0.1) is 29.2 Å². The topological polar surface area (TPSA) is 69.0 Å². The largest absolute Gasteiger partial charge is 0.486 e. The van der Waals surface area contributed by atoms with Crippen molar-refractivity contribution in [3.05, 3.63) is 75.5 Å². The van der Waals surface area contributed by atoms with Gasteiger partial charge < -0.3 is 10.1 Å². The number of fused-ring (bicyclic) bond motifs is 1. The number of para-hydroxylation sites is 2. The Bertz CT molecular complexity index is 1230. The van der Waals surface area contributed by atoms with Gasteiger partial charge in [0.2, 0.25) is 5.91 Å². The number of hydrogen-bond acceptors (Lipinski definition) is 5. The van der Waals surface area contributed by atoms with Gasteiger partial charge in [0.25, 0.3) is 0 Å². The quantitative estimate of drug-likeness (QED) is 0.362. The molecule has 1 N–H and O–H groups in total. The molecule has 2 aromatic heterocycles. The number of nitrogens with one attached hydrogen (secondary N) is 1. The van der Waals surface area contributed by atoms with Gasteiger partial charge in [-0.15, -0.1) is 11.3 Å². The number of thiazole rings is 1. The molecule has 0 spiro atoms. The summed E-state index contributed by atoms with van der Waals surface area (Å²) in [5.74, 6) is 0.436. The number of rotatable bonds is 8. The monoisotopic (exact) mass is 476 g/mol. The minimum atomic E-state index is -2.77. The Balaban J connectivity index is 1.37. The number of hydrogen-bond donors (Lipinski definition) is 1. The van der Waals surface area contributed by atoms with Crippen LogP contribution in [0.1, 0.15) is 36.0 Å². The van der Waals surface area contributed by atoms with E-state index in [-0.39, 0.29) is 24.8 Å². The lowest BCUT2D eigenvalue weighted by atomic mass is 10.2. The molecule has 0 saturated carbocycles. The molecule has 0 saturated heterocycles. The van der Waals surface area contributed by atoms with Gasteiger partial charge in [-0.2, -0.15) is 8.78 Å². The molecule has 6 nitrogen and oxygen atoms in total. The predicted molar refractivity (Wildman–Crippen MR) is 119 cm³/mol. The van der Waals surface area contributed by atoms with Crippen molar-refractivity contribution in [3.8, 4) is 5.75 Å². The first-order valence-electron chi connectivity index (χ1n) is 9.76. The number of carbonyl (C=O) groups excluding carboxylic acids is 1. The van der Waals surface area contributed by atoms with Crippen LogP contribution in [-0.2, 0) is 17.8 Å². The molecule has 0 aliphatic heterocycles. The van der Waals surface area contributed by atoms with E-state index in [1.165, 1.54) is 11.3 Å². The van der Waals surface area contributed by atoms with E-state index in [1.54, 1.807) is 60.8 Å². The normalized spacial score (nSPS) is 12.3. The highest BCUT2D eigenvalue weighted by atomic mass is 35.5. The summed E-state index contributed by atoms with van der Waals surface area (Å²) >= 11 is 7.23. The molecule has 2 aromatic carbocycles. The van der Waals surface area contributed by atoms with E-state index in [9.17, 15) is 13.6 Å². The lowest BCUT2D eigenvalue weighted by Crippen LogP contribution is -2.30. The lowest BCUT2D eigenvalue weighted by molar-refractivity contribution is -0.121. The maximum absolute atomic E-state index is 13.6. The Morgan fingerprint density at radius 3 is 2.69 bits per heavy atom. The molecule has 0 bridgehead atoms. The van der Waals surface area contributed by atoms with E-state index in [0.717, 1.165) is 9.57 Å². The van der Waals surface area contributed by atoms with Crippen LogP contribution in [0.15, 0.2) is 53.9 Å². The molecule has 1 unspecified atom stereocenters. The first kappa shape index (κ1) is 22.2. The van der Waals surface area contributed by atoms with Crippen LogP contribution < -0.4 is 10.1 Å². The van der Waals surface area contributed by atoms with E-state index in [1.807, 2.05) is 0 Å². The highest BCUT2D eigenvalue weighted by Crippen LogP contribution is 2.26. The number of alkyl halides is 2. The number of ether oxygens (including phenoxy) is 1. The Hall–Kier alpha value is -3.04. The maximum atomic E-state index is 13.6. The third kappa shape index (κ3) is 5.05. The molecular weight excluding hydrogens is 458 g/mol. The number of aromatic nitrogens is 3. The van der Waals surface area contributed by atoms with E-state index >= 15 is 0 Å². The minimum absolute atomic E-state index is 0.0245. The summed E-state index contributed by atoms with van der Waals surface area (Å²) in [7, 11) is 0. The van der Waals surface area contributed by atoms with Gasteiger partial charge in [-0.1, -0.05) is 23.7 Å². The summed E-state index contributed by atoms with van der Waals surface area (Å²) in [6.07, 6.45) is 0.0245. The number of nitrogens with zero attached hydrogens (tertiary/aromatic N) is 3. The summed E-state index contributed by atoms with van der Waals surface area (Å²) in [6, 6.07) is 12.9. The number of halogens is 3. The molecule has 0 aliphatic rings. The van der Waals surface area contributed by atoms with Crippen LogP contribution in [0.2, 0.25) is 5.02 Å². The van der Waals surface area contributed by atoms with Crippen molar-refractivity contribution in [3.63, 3.8) is 0 Å². The lowest BCUT2D eigenvalue weighted by Gasteiger charge is -2.15. The SMILES string of the molecule is CC(NC(=O)Cc1csc(COc2ccc(Cl)cc2)n1)c1nc2ccccc2n1C(F)F. The molecule has 4 aromatic rings. The van der Waals surface area contributed by atoms with Crippen molar-refractivity contribution < 1.29 is 18.3 Å². The van der Waals surface area contributed by atoms with Crippen molar-refractivity contribution in [2.24, 2.45) is 0 Å². The first-order chi connectivity index (χ1) is 15.4. The Morgan fingerprint density at radius 1 is 1.19 bits per heavy atom. The second kappa shape index (κ2) is 9.62. The number of carbonyl (C=O) groups is 1. The number of amides is 1. The Morgan fingerprint density at radius 2 is 1.94 bits per heavy atom. The van der Waals surface area contributed by atoms with Gasteiger partial charge in [0.1, 0.15) is 23.2 Å². The zero-order valence-corrected chi connectivity index (χ0v) is 18.5. The number of imidazole rings is 1. The molecule has 0 fully saturated rings. The standard InChI is InChI=1S/C22H19ClF2N4O2S/c1-13(21-28-17-4-2-3-5-18(17)29(21)22(24)25)26-19(30)10-15-12-32-20(27-15)11-31-16-8-6-14(23)7-9-16/h2-9,12-13,22H,10-11H2,1H3,(H,26,30). The fourth-order valence-corrected chi connectivity index (χ4v) is 4.10. The van der Waals surface area contributed by atoms with Crippen LogP contribution in [-0.4, -0.2) is 20.4 Å². The van der Waals surface area contributed by atoms with Crippen LogP contribution in [0.25, 0.3) is 11.0 Å². The van der Waals surface area contributed by atoms with Crippen molar-refractivity contribution in [2.45, 2.75) is 32.5 Å². The molecular formula is C22H19ClF2N4O2S. The average Bonchev–Trinajstić information content (AvgIpc) is 3.37. The van der Waals surface area contributed by atoms with Crippen LogP contribution in [0.3, 0.4) is 0 Å². The first-order valence-corrected chi connectivity index (χ1v) is 11.0. The van der Waals surface area contributed by atoms with Gasteiger partial charge in [-0.25, -0.2) is 9.97 Å². The molecule has 166 valence electrons. The van der Waals surface area contributed by atoms with Gasteiger partial charge in [-0.05, 0) is 43.3 Å². The maximum Gasteiger partial charge on any atom is 0.320 e. The highest BCUT2D eigenvalue weighted by molar-refractivity contribution is 7.09. The summed E-state index contributed by atoms with van der Waals surface area (Å²) in [5.41, 5.74) is 1.36. The second-order valence-corrected chi connectivity index (χ2v) is 8.43. The fraction of sp³-hybridized carbons (Fsp3) is 0.227.